The quantitative estimate of drug-likeness (QED) is 0.831. The highest BCUT2D eigenvalue weighted by Crippen LogP contribution is 2.09. The van der Waals surface area contributed by atoms with Crippen molar-refractivity contribution in [2.45, 2.75) is 19.5 Å². The summed E-state index contributed by atoms with van der Waals surface area (Å²) < 4.78 is 12.8. The van der Waals surface area contributed by atoms with Crippen molar-refractivity contribution in [1.82, 2.24) is 0 Å². The van der Waals surface area contributed by atoms with Crippen LogP contribution in [0.2, 0.25) is 0 Å². The maximum Gasteiger partial charge on any atom is 0.123 e. The third-order valence-corrected chi connectivity index (χ3v) is 2.95. The first-order valence-corrected chi connectivity index (χ1v) is 5.88. The average molecular weight is 230 g/mol. The number of quaternary nitrogens is 1. The summed E-state index contributed by atoms with van der Waals surface area (Å²) in [5.41, 5.74) is 2.46. The molecule has 0 aliphatic heterocycles. The van der Waals surface area contributed by atoms with Gasteiger partial charge in [-0.05, 0) is 19.1 Å². The number of benzene rings is 2. The zero-order valence-electron chi connectivity index (χ0n) is 9.94. The van der Waals surface area contributed by atoms with Crippen molar-refractivity contribution in [2.75, 3.05) is 0 Å². The summed E-state index contributed by atoms with van der Waals surface area (Å²) >= 11 is 0. The van der Waals surface area contributed by atoms with Gasteiger partial charge in [0, 0.05) is 11.1 Å². The molecule has 0 aliphatic carbocycles. The number of halogens is 1. The Morgan fingerprint density at radius 1 is 1.00 bits per heavy atom. The van der Waals surface area contributed by atoms with E-state index in [4.69, 9.17) is 0 Å². The fraction of sp³-hybridized carbons (Fsp3) is 0.200. The van der Waals surface area contributed by atoms with Gasteiger partial charge in [-0.1, -0.05) is 42.5 Å². The molecule has 0 aromatic heterocycles. The Hall–Kier alpha value is -1.67. The predicted molar refractivity (Wildman–Crippen MR) is 66.9 cm³/mol. The van der Waals surface area contributed by atoms with E-state index in [1.165, 1.54) is 17.7 Å². The molecule has 17 heavy (non-hydrogen) atoms. The maximum absolute atomic E-state index is 12.8. The number of nitrogens with two attached hydrogens (primary N) is 1. The molecule has 0 aliphatic rings. The molecule has 0 saturated heterocycles. The van der Waals surface area contributed by atoms with E-state index >= 15 is 0 Å². The Morgan fingerprint density at radius 3 is 2.29 bits per heavy atom. The fourth-order valence-corrected chi connectivity index (χ4v) is 1.83. The van der Waals surface area contributed by atoms with Gasteiger partial charge in [0.1, 0.15) is 18.4 Å². The summed E-state index contributed by atoms with van der Waals surface area (Å²) in [7, 11) is 0. The molecular formula is C15H17FN+. The summed E-state index contributed by atoms with van der Waals surface area (Å²) in [6, 6.07) is 17.4. The molecule has 2 aromatic rings. The van der Waals surface area contributed by atoms with Crippen molar-refractivity contribution in [3.8, 4) is 0 Å². The van der Waals surface area contributed by atoms with Crippen LogP contribution in [0.1, 0.15) is 24.1 Å². The van der Waals surface area contributed by atoms with E-state index in [1.807, 2.05) is 30.3 Å². The van der Waals surface area contributed by atoms with Gasteiger partial charge in [-0.25, -0.2) is 4.39 Å². The third kappa shape index (κ3) is 3.40. The minimum absolute atomic E-state index is 0.177. The van der Waals surface area contributed by atoms with Crippen LogP contribution in [-0.2, 0) is 6.54 Å². The van der Waals surface area contributed by atoms with Gasteiger partial charge in [0.25, 0.3) is 0 Å². The van der Waals surface area contributed by atoms with E-state index in [0.717, 1.165) is 12.1 Å². The van der Waals surface area contributed by atoms with Crippen LogP contribution in [0.15, 0.2) is 54.6 Å². The lowest BCUT2D eigenvalue weighted by Crippen LogP contribution is -2.83. The van der Waals surface area contributed by atoms with Crippen molar-refractivity contribution in [3.63, 3.8) is 0 Å². The zero-order valence-corrected chi connectivity index (χ0v) is 9.94. The van der Waals surface area contributed by atoms with Gasteiger partial charge in [0.15, 0.2) is 0 Å². The lowest BCUT2D eigenvalue weighted by atomic mass is 10.1. The van der Waals surface area contributed by atoms with E-state index in [0.29, 0.717) is 6.04 Å². The van der Waals surface area contributed by atoms with E-state index < -0.39 is 0 Å². The molecular weight excluding hydrogens is 213 g/mol. The summed E-state index contributed by atoms with van der Waals surface area (Å²) in [6.07, 6.45) is 0. The molecule has 0 saturated carbocycles. The van der Waals surface area contributed by atoms with Crippen LogP contribution in [-0.4, -0.2) is 0 Å². The standard InChI is InChI=1S/C15H16FN/c1-12(14-7-9-15(16)10-8-14)17-11-13-5-3-2-4-6-13/h2-10,12,17H,11H2,1H3/p+1/t12-/m1/s1. The molecule has 2 heteroatoms. The second-order valence-corrected chi connectivity index (χ2v) is 4.27. The second-order valence-electron chi connectivity index (χ2n) is 4.27. The van der Waals surface area contributed by atoms with Gasteiger partial charge >= 0.3 is 0 Å². The van der Waals surface area contributed by atoms with E-state index in [1.54, 1.807) is 0 Å². The maximum atomic E-state index is 12.8. The molecule has 2 N–H and O–H groups in total. The summed E-state index contributed by atoms with van der Waals surface area (Å²) in [6.45, 7) is 3.08. The van der Waals surface area contributed by atoms with Crippen LogP contribution in [0.25, 0.3) is 0 Å². The Kier molecular flexibility index (Phi) is 3.89. The van der Waals surface area contributed by atoms with Crippen molar-refractivity contribution in [3.05, 3.63) is 71.5 Å². The van der Waals surface area contributed by atoms with E-state index in [9.17, 15) is 4.39 Å². The minimum Gasteiger partial charge on any atom is -0.337 e. The Bertz CT molecular complexity index is 450. The van der Waals surface area contributed by atoms with Gasteiger partial charge in [0.05, 0.1) is 0 Å². The van der Waals surface area contributed by atoms with E-state index in [2.05, 4.69) is 24.4 Å². The van der Waals surface area contributed by atoms with Gasteiger partial charge in [-0.2, -0.15) is 0 Å². The monoisotopic (exact) mass is 230 g/mol. The Labute approximate surface area is 101 Å². The first-order chi connectivity index (χ1) is 8.25. The topological polar surface area (TPSA) is 16.6 Å². The first-order valence-electron chi connectivity index (χ1n) is 5.88. The highest BCUT2D eigenvalue weighted by atomic mass is 19.1. The highest BCUT2D eigenvalue weighted by molar-refractivity contribution is 5.18. The minimum atomic E-state index is -0.177. The molecule has 0 heterocycles. The lowest BCUT2D eigenvalue weighted by molar-refractivity contribution is -0.707. The average Bonchev–Trinajstić information content (AvgIpc) is 2.38. The zero-order chi connectivity index (χ0) is 12.1. The fourth-order valence-electron chi connectivity index (χ4n) is 1.83. The number of hydrogen-bond donors (Lipinski definition) is 1. The van der Waals surface area contributed by atoms with Gasteiger partial charge in [0.2, 0.25) is 0 Å². The molecule has 0 amide bonds. The predicted octanol–water partition coefficient (Wildman–Crippen LogP) is 2.65. The molecule has 0 unspecified atom stereocenters. The van der Waals surface area contributed by atoms with Crippen molar-refractivity contribution in [1.29, 1.82) is 0 Å². The van der Waals surface area contributed by atoms with E-state index in [-0.39, 0.29) is 5.82 Å². The molecule has 1 atom stereocenters. The second kappa shape index (κ2) is 5.60. The molecule has 0 fully saturated rings. The van der Waals surface area contributed by atoms with Gasteiger partial charge in [-0.15, -0.1) is 0 Å². The van der Waals surface area contributed by atoms with Crippen LogP contribution >= 0.6 is 0 Å². The van der Waals surface area contributed by atoms with Crippen molar-refractivity contribution in [2.24, 2.45) is 0 Å². The summed E-state index contributed by atoms with van der Waals surface area (Å²) in [5.74, 6) is -0.177. The van der Waals surface area contributed by atoms with Gasteiger partial charge < -0.3 is 5.32 Å². The van der Waals surface area contributed by atoms with Crippen LogP contribution < -0.4 is 5.32 Å². The third-order valence-electron chi connectivity index (χ3n) is 2.95. The van der Waals surface area contributed by atoms with Crippen LogP contribution in [0, 0.1) is 5.82 Å². The van der Waals surface area contributed by atoms with Crippen LogP contribution in [0.3, 0.4) is 0 Å². The van der Waals surface area contributed by atoms with Crippen LogP contribution in [0.4, 0.5) is 4.39 Å². The molecule has 88 valence electrons. The summed E-state index contributed by atoms with van der Waals surface area (Å²) in [5, 5.41) is 2.25. The smallest absolute Gasteiger partial charge is 0.123 e. The largest absolute Gasteiger partial charge is 0.337 e. The molecule has 0 radical (unpaired) electrons. The molecule has 1 nitrogen and oxygen atoms in total. The normalized spacial score (nSPS) is 12.4. The Morgan fingerprint density at radius 2 is 1.65 bits per heavy atom. The number of rotatable bonds is 4. The summed E-state index contributed by atoms with van der Waals surface area (Å²) in [4.78, 5) is 0. The first kappa shape index (κ1) is 11.8. The SMILES string of the molecule is C[C@@H]([NH2+]Cc1ccccc1)c1ccc(F)cc1. The molecule has 2 rings (SSSR count). The highest BCUT2D eigenvalue weighted by Gasteiger charge is 2.08. The van der Waals surface area contributed by atoms with Gasteiger partial charge in [-0.3, -0.25) is 0 Å². The lowest BCUT2D eigenvalue weighted by Gasteiger charge is -2.11. The Balaban J connectivity index is 1.93. The molecule has 0 spiro atoms. The van der Waals surface area contributed by atoms with Crippen molar-refractivity contribution < 1.29 is 9.71 Å². The van der Waals surface area contributed by atoms with Crippen LogP contribution in [0.5, 0.6) is 0 Å². The number of hydrogen-bond acceptors (Lipinski definition) is 0. The molecule has 2 aromatic carbocycles. The molecule has 0 bridgehead atoms. The van der Waals surface area contributed by atoms with Crippen molar-refractivity contribution >= 4 is 0 Å².